The summed E-state index contributed by atoms with van der Waals surface area (Å²) in [6.07, 6.45) is 23.0. The second kappa shape index (κ2) is 23.3. The number of aromatic nitrogens is 1. The second-order valence-electron chi connectivity index (χ2n) is 14.9. The minimum atomic E-state index is -0.900. The fourth-order valence-electron chi connectivity index (χ4n) is 7.67. The minimum absolute atomic E-state index is 0.0407. The molecule has 2 aromatic carbocycles. The Balaban J connectivity index is 1.16. The molecule has 7 nitrogen and oxygen atoms in total. The first-order valence-electron chi connectivity index (χ1n) is 20.2. The first-order chi connectivity index (χ1) is 25.8. The number of amides is 2. The monoisotopic (exact) mass is 750 g/mol. The van der Waals surface area contributed by atoms with Gasteiger partial charge in [0.25, 0.3) is 0 Å². The molecular formula is C44H60ClFN2O5. The van der Waals surface area contributed by atoms with Crippen LogP contribution in [-0.4, -0.2) is 29.7 Å². The second-order valence-corrected chi connectivity index (χ2v) is 15.3. The number of unbranched alkanes of at least 4 members (excludes halogenated alkanes) is 14. The number of carbonyl (C=O) groups is 3. The Kier molecular flexibility index (Phi) is 18.6. The summed E-state index contributed by atoms with van der Waals surface area (Å²) in [5, 5.41) is 1.30. The maximum atomic E-state index is 14.1. The Labute approximate surface area is 321 Å². The van der Waals surface area contributed by atoms with E-state index in [0.29, 0.717) is 10.7 Å². The molecular weight excluding hydrogens is 691 g/mol. The van der Waals surface area contributed by atoms with Gasteiger partial charge in [-0.25, -0.2) is 14.1 Å². The molecule has 1 atom stereocenters. The molecule has 1 aliphatic rings. The fraction of sp³-hybridized carbons (Fsp3) is 0.591. The van der Waals surface area contributed by atoms with E-state index < -0.39 is 24.8 Å². The number of anilines is 1. The van der Waals surface area contributed by atoms with Crippen molar-refractivity contribution in [3.63, 3.8) is 0 Å². The third-order valence-electron chi connectivity index (χ3n) is 10.9. The van der Waals surface area contributed by atoms with Gasteiger partial charge in [-0.15, -0.1) is 0 Å². The van der Waals surface area contributed by atoms with Gasteiger partial charge >= 0.3 is 12.1 Å². The summed E-state index contributed by atoms with van der Waals surface area (Å²) >= 11 is 6.11. The molecule has 1 aromatic heterocycles. The maximum absolute atomic E-state index is 14.1. The van der Waals surface area contributed by atoms with Gasteiger partial charge in [-0.2, -0.15) is 0 Å². The maximum Gasteiger partial charge on any atom is 0.424 e. The SMILES string of the molecule is CCCCCCCCCCCCCCCCCC(=O)OCOC(=O)N(C(=O)[C@H](C)C1CCC(c2ccnc3ccc(F)cc23)CC1)c1ccc(Cl)cc1. The molecule has 1 saturated carbocycles. The molecule has 1 fully saturated rings. The van der Waals surface area contributed by atoms with Crippen molar-refractivity contribution in [2.75, 3.05) is 11.7 Å². The van der Waals surface area contributed by atoms with Crippen LogP contribution in [0.15, 0.2) is 54.7 Å². The molecule has 2 amide bonds. The van der Waals surface area contributed by atoms with Crippen molar-refractivity contribution in [1.82, 2.24) is 4.98 Å². The van der Waals surface area contributed by atoms with Crippen LogP contribution < -0.4 is 4.90 Å². The summed E-state index contributed by atoms with van der Waals surface area (Å²) in [6, 6.07) is 13.1. The molecule has 1 heterocycles. The van der Waals surface area contributed by atoms with Crippen molar-refractivity contribution >= 4 is 46.2 Å². The molecule has 9 heteroatoms. The van der Waals surface area contributed by atoms with Crippen molar-refractivity contribution in [3.8, 4) is 0 Å². The number of rotatable bonds is 22. The van der Waals surface area contributed by atoms with Crippen LogP contribution in [0.4, 0.5) is 14.9 Å². The normalized spacial score (nSPS) is 16.3. The van der Waals surface area contributed by atoms with Crippen molar-refractivity contribution < 1.29 is 28.2 Å². The van der Waals surface area contributed by atoms with E-state index in [1.165, 1.54) is 83.1 Å². The number of esters is 1. The predicted octanol–water partition coefficient (Wildman–Crippen LogP) is 12.9. The summed E-state index contributed by atoms with van der Waals surface area (Å²) in [7, 11) is 0. The first kappa shape index (κ1) is 42.2. The molecule has 0 unspecified atom stereocenters. The Morgan fingerprint density at radius 1 is 0.792 bits per heavy atom. The zero-order valence-electron chi connectivity index (χ0n) is 32.0. The van der Waals surface area contributed by atoms with Crippen LogP contribution in [-0.2, 0) is 19.1 Å². The number of hydrogen-bond acceptors (Lipinski definition) is 6. The van der Waals surface area contributed by atoms with E-state index >= 15 is 0 Å². The van der Waals surface area contributed by atoms with E-state index in [-0.39, 0.29) is 30.0 Å². The number of carbonyl (C=O) groups excluding carboxylic acids is 3. The summed E-state index contributed by atoms with van der Waals surface area (Å²) < 4.78 is 24.6. The zero-order chi connectivity index (χ0) is 37.8. The lowest BCUT2D eigenvalue weighted by atomic mass is 9.73. The largest absolute Gasteiger partial charge is 0.428 e. The third-order valence-corrected chi connectivity index (χ3v) is 11.2. The molecule has 4 rings (SSSR count). The van der Waals surface area contributed by atoms with Crippen LogP contribution in [0.5, 0.6) is 0 Å². The highest BCUT2D eigenvalue weighted by Gasteiger charge is 2.36. The van der Waals surface area contributed by atoms with E-state index in [2.05, 4.69) is 11.9 Å². The van der Waals surface area contributed by atoms with Crippen molar-refractivity contribution in [2.45, 2.75) is 148 Å². The standard InChI is InChI=1S/C44H60ClFN2O5/c1-3-4-5-6-7-8-9-10-11-12-13-14-15-16-17-18-42(49)52-32-53-44(51)48(38-26-23-36(45)24-27-38)43(50)33(2)34-19-21-35(22-20-34)39-29-30-47-41-28-25-37(46)31-40(39)41/h23-31,33-35H,3-22,32H2,1-2H3/t33-,34?,35?/m1/s1. The Hall–Kier alpha value is -3.52. The highest BCUT2D eigenvalue weighted by Crippen LogP contribution is 2.41. The van der Waals surface area contributed by atoms with Gasteiger partial charge in [-0.1, -0.05) is 115 Å². The molecule has 290 valence electrons. The quantitative estimate of drug-likeness (QED) is 0.0577. The molecule has 3 aromatic rings. The number of ether oxygens (including phenoxy) is 2. The van der Waals surface area contributed by atoms with Crippen molar-refractivity contribution in [2.24, 2.45) is 11.8 Å². The fourth-order valence-corrected chi connectivity index (χ4v) is 7.79. The van der Waals surface area contributed by atoms with Crippen LogP contribution in [0.3, 0.4) is 0 Å². The van der Waals surface area contributed by atoms with Gasteiger partial charge < -0.3 is 9.47 Å². The summed E-state index contributed by atoms with van der Waals surface area (Å²) in [5.74, 6) is -1.31. The zero-order valence-corrected chi connectivity index (χ0v) is 32.7. The molecule has 53 heavy (non-hydrogen) atoms. The molecule has 0 bridgehead atoms. The number of nitrogens with zero attached hydrogens (tertiary/aromatic N) is 2. The lowest BCUT2D eigenvalue weighted by Crippen LogP contribution is -2.43. The number of pyridine rings is 1. The van der Waals surface area contributed by atoms with Crippen LogP contribution in [0.1, 0.15) is 154 Å². The number of hydrogen-bond donors (Lipinski definition) is 0. The molecule has 0 saturated heterocycles. The highest BCUT2D eigenvalue weighted by atomic mass is 35.5. The highest BCUT2D eigenvalue weighted by molar-refractivity contribution is 6.30. The number of fused-ring (bicyclic) bond motifs is 1. The van der Waals surface area contributed by atoms with Crippen LogP contribution in [0, 0.1) is 17.7 Å². The summed E-state index contributed by atoms with van der Waals surface area (Å²) in [6.45, 7) is 3.54. The number of benzene rings is 2. The number of halogens is 2. The summed E-state index contributed by atoms with van der Waals surface area (Å²) in [4.78, 5) is 45.1. The molecule has 0 N–H and O–H groups in total. The minimum Gasteiger partial charge on any atom is -0.428 e. The third kappa shape index (κ3) is 14.0. The summed E-state index contributed by atoms with van der Waals surface area (Å²) in [5.41, 5.74) is 2.18. The van der Waals surface area contributed by atoms with Gasteiger partial charge in [0, 0.05) is 28.9 Å². The van der Waals surface area contributed by atoms with Gasteiger partial charge in [-0.3, -0.25) is 14.6 Å². The predicted molar refractivity (Wildman–Crippen MR) is 211 cm³/mol. The van der Waals surface area contributed by atoms with Gasteiger partial charge in [0.05, 0.1) is 11.2 Å². The van der Waals surface area contributed by atoms with E-state index in [1.54, 1.807) is 42.6 Å². The van der Waals surface area contributed by atoms with Gasteiger partial charge in [0.2, 0.25) is 12.7 Å². The van der Waals surface area contributed by atoms with Gasteiger partial charge in [0.1, 0.15) is 5.82 Å². The molecule has 0 aliphatic heterocycles. The van der Waals surface area contributed by atoms with Gasteiger partial charge in [0.15, 0.2) is 0 Å². The van der Waals surface area contributed by atoms with E-state index in [0.717, 1.165) is 66.3 Å². The van der Waals surface area contributed by atoms with E-state index in [1.807, 2.05) is 13.0 Å². The van der Waals surface area contributed by atoms with Crippen LogP contribution >= 0.6 is 11.6 Å². The number of imide groups is 1. The van der Waals surface area contributed by atoms with E-state index in [4.69, 9.17) is 21.1 Å². The topological polar surface area (TPSA) is 85.8 Å². The molecule has 0 radical (unpaired) electrons. The lowest BCUT2D eigenvalue weighted by molar-refractivity contribution is -0.151. The Bertz CT molecular complexity index is 1560. The Morgan fingerprint density at radius 3 is 1.98 bits per heavy atom. The first-order valence-corrected chi connectivity index (χ1v) is 20.6. The molecule has 0 spiro atoms. The lowest BCUT2D eigenvalue weighted by Gasteiger charge is -2.34. The van der Waals surface area contributed by atoms with Crippen molar-refractivity contribution in [1.29, 1.82) is 0 Å². The van der Waals surface area contributed by atoms with Crippen LogP contribution in [0.2, 0.25) is 5.02 Å². The van der Waals surface area contributed by atoms with Crippen molar-refractivity contribution in [3.05, 3.63) is 71.1 Å². The Morgan fingerprint density at radius 2 is 1.38 bits per heavy atom. The van der Waals surface area contributed by atoms with E-state index in [9.17, 15) is 18.8 Å². The smallest absolute Gasteiger partial charge is 0.424 e. The average Bonchev–Trinajstić information content (AvgIpc) is 3.16. The van der Waals surface area contributed by atoms with Gasteiger partial charge in [-0.05, 0) is 98.0 Å². The average molecular weight is 751 g/mol. The molecule has 1 aliphatic carbocycles. The van der Waals surface area contributed by atoms with Crippen LogP contribution in [0.25, 0.3) is 10.9 Å².